The molecular weight excluding hydrogens is 431 g/mol. The number of rotatable bonds is 4. The zero-order valence-electron chi connectivity index (χ0n) is 17.4. The van der Waals surface area contributed by atoms with E-state index < -0.39 is 18.3 Å². The van der Waals surface area contributed by atoms with E-state index >= 15 is 0 Å². The first-order valence-electron chi connectivity index (χ1n) is 10.4. The van der Waals surface area contributed by atoms with Crippen molar-refractivity contribution >= 4 is 28.2 Å². The van der Waals surface area contributed by atoms with Crippen LogP contribution in [0.1, 0.15) is 16.1 Å². The van der Waals surface area contributed by atoms with E-state index in [1.165, 1.54) is 12.1 Å². The van der Waals surface area contributed by atoms with Crippen LogP contribution in [0.3, 0.4) is 0 Å². The highest BCUT2D eigenvalue weighted by Crippen LogP contribution is 2.38. The molecule has 0 aliphatic carbocycles. The second kappa shape index (κ2) is 7.68. The first-order chi connectivity index (χ1) is 16.1. The average Bonchev–Trinajstić information content (AvgIpc) is 3.56. The third-order valence-corrected chi connectivity index (χ3v) is 6.03. The van der Waals surface area contributed by atoms with E-state index in [4.69, 9.17) is 19.0 Å². The molecule has 168 valence electrons. The predicted octanol–water partition coefficient (Wildman–Crippen LogP) is 2.58. The number of ether oxygens (including phenoxy) is 3. The van der Waals surface area contributed by atoms with Crippen LogP contribution >= 0.6 is 0 Å². The lowest BCUT2D eigenvalue weighted by atomic mass is 9.84. The minimum atomic E-state index is -0.710. The summed E-state index contributed by atoms with van der Waals surface area (Å²) in [5.74, 6) is -0.470. The Kier molecular flexibility index (Phi) is 4.63. The molecule has 6 rings (SSSR count). The maximum absolute atomic E-state index is 13.5. The van der Waals surface area contributed by atoms with Gasteiger partial charge in [-0.2, -0.15) is 5.10 Å². The Morgan fingerprint density at radius 1 is 1.24 bits per heavy atom. The van der Waals surface area contributed by atoms with E-state index in [9.17, 15) is 9.18 Å². The number of H-pyrrole nitrogens is 1. The summed E-state index contributed by atoms with van der Waals surface area (Å²) < 4.78 is 30.3. The van der Waals surface area contributed by atoms with Crippen molar-refractivity contribution in [2.24, 2.45) is 16.2 Å². The van der Waals surface area contributed by atoms with E-state index in [2.05, 4.69) is 20.7 Å². The molecule has 2 unspecified atom stereocenters. The van der Waals surface area contributed by atoms with Crippen LogP contribution < -0.4 is 10.2 Å². The van der Waals surface area contributed by atoms with Crippen LogP contribution in [0, 0.1) is 11.7 Å². The molecule has 1 amide bonds. The van der Waals surface area contributed by atoms with Gasteiger partial charge in [-0.05, 0) is 48.5 Å². The van der Waals surface area contributed by atoms with Crippen molar-refractivity contribution in [2.75, 3.05) is 13.7 Å². The SMILES string of the molecule is COc1ccc(C2=NO[C@@H]3C4CO[C@H](O4)/C(=N\NC(=O)c4cc5cc(F)ccc5[nH]4)C23)cc1. The van der Waals surface area contributed by atoms with Gasteiger partial charge in [-0.15, -0.1) is 0 Å². The number of aromatic nitrogens is 1. The molecule has 4 heterocycles. The van der Waals surface area contributed by atoms with Crippen molar-refractivity contribution in [2.45, 2.75) is 18.5 Å². The number of hydrazone groups is 1. The van der Waals surface area contributed by atoms with Gasteiger partial charge in [0.1, 0.15) is 29.1 Å². The van der Waals surface area contributed by atoms with Crippen LogP contribution in [0.2, 0.25) is 0 Å². The van der Waals surface area contributed by atoms with Crippen LogP contribution in [0.4, 0.5) is 4.39 Å². The smallest absolute Gasteiger partial charge is 0.287 e. The van der Waals surface area contributed by atoms with Crippen molar-refractivity contribution in [3.05, 3.63) is 65.6 Å². The van der Waals surface area contributed by atoms with Crippen molar-refractivity contribution in [3.63, 3.8) is 0 Å². The number of amides is 1. The quantitative estimate of drug-likeness (QED) is 0.595. The van der Waals surface area contributed by atoms with Crippen LogP contribution in [0.15, 0.2) is 58.8 Å². The Hall–Kier alpha value is -3.76. The number of aromatic amines is 1. The lowest BCUT2D eigenvalue weighted by Crippen LogP contribution is -2.49. The zero-order chi connectivity index (χ0) is 22.5. The van der Waals surface area contributed by atoms with Crippen LogP contribution in [-0.4, -0.2) is 54.5 Å². The number of nitrogens with one attached hydrogen (secondary N) is 2. The summed E-state index contributed by atoms with van der Waals surface area (Å²) in [4.78, 5) is 21.4. The van der Waals surface area contributed by atoms with Gasteiger partial charge in [-0.1, -0.05) is 5.16 Å². The van der Waals surface area contributed by atoms with E-state index in [1.54, 1.807) is 19.2 Å². The normalized spacial score (nSPS) is 26.7. The molecule has 3 aliphatic heterocycles. The predicted molar refractivity (Wildman–Crippen MR) is 116 cm³/mol. The number of halogens is 1. The fraction of sp³-hybridized carbons (Fsp3) is 0.261. The summed E-state index contributed by atoms with van der Waals surface area (Å²) in [5.41, 5.74) is 5.46. The van der Waals surface area contributed by atoms with Crippen molar-refractivity contribution in [3.8, 4) is 5.75 Å². The molecule has 9 nitrogen and oxygen atoms in total. The summed E-state index contributed by atoms with van der Waals surface area (Å²) in [5, 5.41) is 9.26. The Morgan fingerprint density at radius 2 is 2.09 bits per heavy atom. The van der Waals surface area contributed by atoms with Crippen LogP contribution in [0.25, 0.3) is 10.9 Å². The molecular formula is C23H19FN4O5. The minimum absolute atomic E-state index is 0.255. The second-order valence-electron chi connectivity index (χ2n) is 7.98. The Morgan fingerprint density at radius 3 is 2.91 bits per heavy atom. The van der Waals surface area contributed by atoms with Gasteiger partial charge in [-0.25, -0.2) is 9.82 Å². The number of carbonyl (C=O) groups excluding carboxylic acids is 1. The molecule has 2 bridgehead atoms. The molecule has 33 heavy (non-hydrogen) atoms. The molecule has 0 spiro atoms. The van der Waals surface area contributed by atoms with E-state index in [1.807, 2.05) is 24.3 Å². The number of fused-ring (bicyclic) bond motifs is 5. The van der Waals surface area contributed by atoms with E-state index in [0.717, 1.165) is 11.3 Å². The van der Waals surface area contributed by atoms with Gasteiger partial charge in [0.2, 0.25) is 0 Å². The number of nitrogens with zero attached hydrogens (tertiary/aromatic N) is 2. The van der Waals surface area contributed by atoms with Crippen LogP contribution in [0.5, 0.6) is 5.75 Å². The van der Waals surface area contributed by atoms with Gasteiger partial charge in [0.25, 0.3) is 5.91 Å². The Bertz CT molecular complexity index is 1300. The molecule has 4 atom stereocenters. The van der Waals surface area contributed by atoms with Crippen LogP contribution in [-0.2, 0) is 14.3 Å². The summed E-state index contributed by atoms with van der Waals surface area (Å²) in [6.07, 6.45) is -1.40. The molecule has 3 aromatic rings. The fourth-order valence-electron chi connectivity index (χ4n) is 4.39. The average molecular weight is 450 g/mol. The van der Waals surface area contributed by atoms with Gasteiger partial charge in [0.05, 0.1) is 25.3 Å². The van der Waals surface area contributed by atoms with Crippen molar-refractivity contribution in [1.29, 1.82) is 0 Å². The highest BCUT2D eigenvalue weighted by Gasteiger charge is 2.55. The molecule has 2 aromatic carbocycles. The molecule has 1 aromatic heterocycles. The number of hydrogen-bond acceptors (Lipinski definition) is 7. The third-order valence-electron chi connectivity index (χ3n) is 6.03. The monoisotopic (exact) mass is 450 g/mol. The second-order valence-corrected chi connectivity index (χ2v) is 7.98. The van der Waals surface area contributed by atoms with Gasteiger partial charge >= 0.3 is 0 Å². The third kappa shape index (κ3) is 3.35. The summed E-state index contributed by atoms with van der Waals surface area (Å²) >= 11 is 0. The number of hydrogen-bond donors (Lipinski definition) is 2. The molecule has 3 aliphatic rings. The number of carbonyl (C=O) groups is 1. The first-order valence-corrected chi connectivity index (χ1v) is 10.4. The fourth-order valence-corrected chi connectivity index (χ4v) is 4.39. The number of benzene rings is 2. The van der Waals surface area contributed by atoms with Gasteiger partial charge in [0, 0.05) is 16.5 Å². The zero-order valence-corrected chi connectivity index (χ0v) is 17.4. The summed E-state index contributed by atoms with van der Waals surface area (Å²) in [6.45, 7) is 0.345. The summed E-state index contributed by atoms with van der Waals surface area (Å²) in [7, 11) is 1.60. The van der Waals surface area contributed by atoms with Gasteiger partial charge in [-0.3, -0.25) is 4.79 Å². The van der Waals surface area contributed by atoms with E-state index in [0.29, 0.717) is 28.9 Å². The van der Waals surface area contributed by atoms with Crippen molar-refractivity contribution in [1.82, 2.24) is 10.4 Å². The molecule has 0 saturated carbocycles. The van der Waals surface area contributed by atoms with E-state index in [-0.39, 0.29) is 23.5 Å². The summed E-state index contributed by atoms with van der Waals surface area (Å²) in [6, 6.07) is 13.3. The van der Waals surface area contributed by atoms with Crippen molar-refractivity contribution < 1.29 is 28.2 Å². The maximum Gasteiger partial charge on any atom is 0.287 e. The Labute approximate surface area is 187 Å². The number of oxime groups is 1. The molecule has 2 fully saturated rings. The first kappa shape index (κ1) is 19.9. The lowest BCUT2D eigenvalue weighted by molar-refractivity contribution is -0.0812. The topological polar surface area (TPSA) is 107 Å². The van der Waals surface area contributed by atoms with Gasteiger partial charge < -0.3 is 24.0 Å². The molecule has 0 radical (unpaired) electrons. The largest absolute Gasteiger partial charge is 0.497 e. The minimum Gasteiger partial charge on any atom is -0.497 e. The van der Waals surface area contributed by atoms with Gasteiger partial charge in [0.15, 0.2) is 12.4 Å². The number of methoxy groups -OCH3 is 1. The molecule has 2 saturated heterocycles. The highest BCUT2D eigenvalue weighted by atomic mass is 19.1. The lowest BCUT2D eigenvalue weighted by Gasteiger charge is -2.30. The molecule has 10 heteroatoms. The highest BCUT2D eigenvalue weighted by molar-refractivity contribution is 6.17. The Balaban J connectivity index is 1.29. The maximum atomic E-state index is 13.5. The molecule has 2 N–H and O–H groups in total. The standard InChI is InChI=1S/C23H19FN4O5/c1-30-14-5-2-11(3-6-14)19-18-20(23-31-10-17(32-23)21(18)33-28-19)26-27-22(29)16-9-12-8-13(24)4-7-15(12)25-16/h2-9,17-18,21,23,25H,10H2,1H3,(H,27,29)/b26-20-/t17?,18?,21-,23-/m1/s1.